The summed E-state index contributed by atoms with van der Waals surface area (Å²) in [6.45, 7) is 0. The van der Waals surface area contributed by atoms with Crippen LogP contribution in [0, 0.1) is 0 Å². The summed E-state index contributed by atoms with van der Waals surface area (Å²) in [6.07, 6.45) is 3.56. The van der Waals surface area contributed by atoms with Crippen LogP contribution in [-0.4, -0.2) is 29.8 Å². The lowest BCUT2D eigenvalue weighted by Crippen LogP contribution is -2.37. The lowest BCUT2D eigenvalue weighted by atomic mass is 10.2. The molecule has 7 heteroatoms. The SMILES string of the molecule is CN(C)c1ccc(/C=C/c2nc3ccccc3c(=O)n2NC(=O)Nc2ccccc2)cc1. The van der Waals surface area contributed by atoms with Crippen molar-refractivity contribution in [2.24, 2.45) is 0 Å². The van der Waals surface area contributed by atoms with Gasteiger partial charge >= 0.3 is 6.03 Å². The minimum atomic E-state index is -0.541. The topological polar surface area (TPSA) is 79.3 Å². The molecule has 1 aromatic heterocycles. The summed E-state index contributed by atoms with van der Waals surface area (Å²) >= 11 is 0. The van der Waals surface area contributed by atoms with Crippen molar-refractivity contribution in [3.05, 3.63) is 101 Å². The highest BCUT2D eigenvalue weighted by Crippen LogP contribution is 2.15. The van der Waals surface area contributed by atoms with Gasteiger partial charge in [-0.15, -0.1) is 0 Å². The lowest BCUT2D eigenvalue weighted by Gasteiger charge is -2.13. The van der Waals surface area contributed by atoms with E-state index in [4.69, 9.17) is 0 Å². The van der Waals surface area contributed by atoms with E-state index in [2.05, 4.69) is 15.7 Å². The maximum absolute atomic E-state index is 13.1. The van der Waals surface area contributed by atoms with E-state index in [-0.39, 0.29) is 5.56 Å². The van der Waals surface area contributed by atoms with Crippen molar-refractivity contribution < 1.29 is 4.79 Å². The van der Waals surface area contributed by atoms with Crippen LogP contribution >= 0.6 is 0 Å². The molecule has 0 fully saturated rings. The molecule has 0 atom stereocenters. The molecule has 0 unspecified atom stereocenters. The quantitative estimate of drug-likeness (QED) is 0.496. The number of benzene rings is 3. The molecule has 0 bridgehead atoms. The highest BCUT2D eigenvalue weighted by Gasteiger charge is 2.12. The molecular formula is C25H23N5O2. The number of urea groups is 1. The average molecular weight is 425 g/mol. The van der Waals surface area contributed by atoms with Gasteiger partial charge in [0.2, 0.25) is 0 Å². The van der Waals surface area contributed by atoms with Crippen molar-refractivity contribution >= 4 is 40.5 Å². The number of amides is 2. The number of hydrogen-bond acceptors (Lipinski definition) is 4. The fourth-order valence-corrected chi connectivity index (χ4v) is 3.21. The first-order valence-electron chi connectivity index (χ1n) is 10.1. The molecular weight excluding hydrogens is 402 g/mol. The standard InChI is InChI=1S/C25H23N5O2/c1-29(2)20-15-12-18(13-16-20)14-17-23-27-22-11-7-6-10-21(22)24(31)30(23)28-25(32)26-19-8-4-3-5-9-19/h3-17H,1-2H3,(H2,26,28,32)/b17-14+. The van der Waals surface area contributed by atoms with Crippen LogP contribution in [0.4, 0.5) is 16.2 Å². The number of anilines is 2. The molecule has 4 rings (SSSR count). The van der Waals surface area contributed by atoms with Crippen molar-refractivity contribution in [1.82, 2.24) is 9.66 Å². The van der Waals surface area contributed by atoms with E-state index in [1.807, 2.05) is 73.6 Å². The number of hydrogen-bond donors (Lipinski definition) is 2. The normalized spacial score (nSPS) is 10.9. The molecule has 0 saturated carbocycles. The minimum absolute atomic E-state index is 0.314. The first-order valence-corrected chi connectivity index (χ1v) is 10.1. The number of para-hydroxylation sites is 2. The van der Waals surface area contributed by atoms with E-state index < -0.39 is 6.03 Å². The second-order valence-electron chi connectivity index (χ2n) is 7.38. The lowest BCUT2D eigenvalue weighted by molar-refractivity contribution is 0.259. The van der Waals surface area contributed by atoms with Gasteiger partial charge in [-0.2, -0.15) is 4.68 Å². The van der Waals surface area contributed by atoms with E-state index in [0.29, 0.717) is 22.4 Å². The number of carbonyl (C=O) groups excluding carboxylic acids is 1. The zero-order chi connectivity index (χ0) is 22.5. The highest BCUT2D eigenvalue weighted by molar-refractivity contribution is 5.95. The van der Waals surface area contributed by atoms with Crippen LogP contribution < -0.4 is 21.2 Å². The predicted octanol–water partition coefficient (Wildman–Crippen LogP) is 4.41. The number of rotatable bonds is 5. The van der Waals surface area contributed by atoms with Gasteiger partial charge in [0.15, 0.2) is 5.82 Å². The summed E-state index contributed by atoms with van der Waals surface area (Å²) in [5, 5.41) is 3.13. The van der Waals surface area contributed by atoms with Gasteiger partial charge in [0.25, 0.3) is 5.56 Å². The van der Waals surface area contributed by atoms with Crippen LogP contribution in [0.15, 0.2) is 83.7 Å². The third kappa shape index (κ3) is 4.67. The first kappa shape index (κ1) is 20.9. The Labute approximate surface area is 185 Å². The number of carbonyl (C=O) groups is 1. The first-order chi connectivity index (χ1) is 15.5. The molecule has 7 nitrogen and oxygen atoms in total. The molecule has 0 aliphatic carbocycles. The van der Waals surface area contributed by atoms with E-state index in [0.717, 1.165) is 15.9 Å². The van der Waals surface area contributed by atoms with Gasteiger partial charge in [0, 0.05) is 25.5 Å². The van der Waals surface area contributed by atoms with Crippen LogP contribution in [-0.2, 0) is 0 Å². The largest absolute Gasteiger partial charge is 0.378 e. The Bertz CT molecular complexity index is 1330. The van der Waals surface area contributed by atoms with E-state index in [1.165, 1.54) is 0 Å². The van der Waals surface area contributed by atoms with Crippen molar-refractivity contribution in [3.63, 3.8) is 0 Å². The van der Waals surface area contributed by atoms with Crippen molar-refractivity contribution in [1.29, 1.82) is 0 Å². The van der Waals surface area contributed by atoms with Crippen LogP contribution in [0.2, 0.25) is 0 Å². The van der Waals surface area contributed by atoms with E-state index in [1.54, 1.807) is 36.4 Å². The Balaban J connectivity index is 1.68. The van der Waals surface area contributed by atoms with E-state index in [9.17, 15) is 9.59 Å². The molecule has 160 valence electrons. The molecule has 0 aliphatic rings. The second-order valence-corrected chi connectivity index (χ2v) is 7.38. The molecule has 2 amide bonds. The summed E-state index contributed by atoms with van der Waals surface area (Å²) in [5.41, 5.74) is 5.45. The number of aromatic nitrogens is 2. The zero-order valence-corrected chi connectivity index (χ0v) is 17.8. The molecule has 0 radical (unpaired) electrons. The summed E-state index contributed by atoms with van der Waals surface area (Å²) < 4.78 is 1.16. The Hall–Kier alpha value is -4.39. The molecule has 0 aliphatic heterocycles. The van der Waals surface area contributed by atoms with Crippen molar-refractivity contribution in [3.8, 4) is 0 Å². The van der Waals surface area contributed by atoms with Crippen LogP contribution in [0.25, 0.3) is 23.1 Å². The smallest absolute Gasteiger partial charge is 0.338 e. The maximum atomic E-state index is 13.1. The number of fused-ring (bicyclic) bond motifs is 1. The van der Waals surface area contributed by atoms with Crippen molar-refractivity contribution in [2.75, 3.05) is 29.7 Å². The van der Waals surface area contributed by atoms with Gasteiger partial charge in [0.1, 0.15) is 0 Å². The second kappa shape index (κ2) is 9.18. The zero-order valence-electron chi connectivity index (χ0n) is 17.8. The maximum Gasteiger partial charge on any atom is 0.338 e. The Morgan fingerprint density at radius 2 is 1.59 bits per heavy atom. The molecule has 1 heterocycles. The minimum Gasteiger partial charge on any atom is -0.378 e. The average Bonchev–Trinajstić information content (AvgIpc) is 2.80. The molecule has 2 N–H and O–H groups in total. The Morgan fingerprint density at radius 1 is 0.906 bits per heavy atom. The summed E-state index contributed by atoms with van der Waals surface area (Å²) in [5.74, 6) is 0.314. The number of nitrogens with one attached hydrogen (secondary N) is 2. The summed E-state index contributed by atoms with van der Waals surface area (Å²) in [6, 6.07) is 23.5. The predicted molar refractivity (Wildman–Crippen MR) is 131 cm³/mol. The highest BCUT2D eigenvalue weighted by atomic mass is 16.2. The van der Waals surface area contributed by atoms with Gasteiger partial charge in [-0.3, -0.25) is 4.79 Å². The molecule has 0 spiro atoms. The Morgan fingerprint density at radius 3 is 2.31 bits per heavy atom. The molecule has 0 saturated heterocycles. The molecule has 4 aromatic rings. The van der Waals surface area contributed by atoms with Crippen LogP contribution in [0.5, 0.6) is 0 Å². The monoisotopic (exact) mass is 425 g/mol. The van der Waals surface area contributed by atoms with Gasteiger partial charge in [-0.1, -0.05) is 48.5 Å². The molecule has 32 heavy (non-hydrogen) atoms. The third-order valence-electron chi connectivity index (χ3n) is 4.88. The van der Waals surface area contributed by atoms with Crippen molar-refractivity contribution in [2.45, 2.75) is 0 Å². The van der Waals surface area contributed by atoms with Gasteiger partial charge in [-0.25, -0.2) is 15.2 Å². The van der Waals surface area contributed by atoms with Crippen LogP contribution in [0.1, 0.15) is 11.4 Å². The summed E-state index contributed by atoms with van der Waals surface area (Å²) in [4.78, 5) is 32.3. The fraction of sp³-hybridized carbons (Fsp3) is 0.0800. The third-order valence-corrected chi connectivity index (χ3v) is 4.88. The number of nitrogens with zero attached hydrogens (tertiary/aromatic N) is 3. The Kier molecular flexibility index (Phi) is 5.98. The fourth-order valence-electron chi connectivity index (χ4n) is 3.21. The van der Waals surface area contributed by atoms with Gasteiger partial charge in [-0.05, 0) is 48.0 Å². The van der Waals surface area contributed by atoms with Gasteiger partial charge < -0.3 is 10.2 Å². The van der Waals surface area contributed by atoms with E-state index >= 15 is 0 Å². The molecule has 3 aromatic carbocycles. The summed E-state index contributed by atoms with van der Waals surface area (Å²) in [7, 11) is 3.96. The van der Waals surface area contributed by atoms with Crippen LogP contribution in [0.3, 0.4) is 0 Å². The van der Waals surface area contributed by atoms with Gasteiger partial charge in [0.05, 0.1) is 10.9 Å².